The molecule has 1 heterocycles. The third kappa shape index (κ3) is 1.96. The Morgan fingerprint density at radius 1 is 1.50 bits per heavy atom. The van der Waals surface area contributed by atoms with Crippen LogP contribution in [0, 0.1) is 5.92 Å². The Balaban J connectivity index is 2.51. The van der Waals surface area contributed by atoms with Crippen LogP contribution in [0.3, 0.4) is 0 Å². The zero-order chi connectivity index (χ0) is 9.14. The van der Waals surface area contributed by atoms with Gasteiger partial charge < -0.3 is 10.6 Å². The number of nitrogens with zero attached hydrogens (tertiary/aromatic N) is 1. The lowest BCUT2D eigenvalue weighted by Gasteiger charge is -2.30. The SMILES string of the molecule is CC(=O)N1CCCC(C(N)=O)C1. The van der Waals surface area contributed by atoms with Gasteiger partial charge in [0.2, 0.25) is 11.8 Å². The van der Waals surface area contributed by atoms with E-state index in [0.29, 0.717) is 6.54 Å². The first-order valence-corrected chi connectivity index (χ1v) is 4.16. The lowest BCUT2D eigenvalue weighted by molar-refractivity contribution is -0.132. The first-order chi connectivity index (χ1) is 5.61. The van der Waals surface area contributed by atoms with Gasteiger partial charge in [-0.3, -0.25) is 9.59 Å². The fourth-order valence-electron chi connectivity index (χ4n) is 1.50. The molecule has 1 aliphatic rings. The minimum absolute atomic E-state index is 0.0287. The van der Waals surface area contributed by atoms with E-state index >= 15 is 0 Å². The molecule has 0 aliphatic carbocycles. The molecule has 12 heavy (non-hydrogen) atoms. The molecule has 4 nitrogen and oxygen atoms in total. The Morgan fingerprint density at radius 3 is 2.67 bits per heavy atom. The van der Waals surface area contributed by atoms with Gasteiger partial charge in [0.1, 0.15) is 0 Å². The maximum atomic E-state index is 10.9. The number of amides is 2. The fraction of sp³-hybridized carbons (Fsp3) is 0.750. The summed E-state index contributed by atoms with van der Waals surface area (Å²) in [5, 5.41) is 0. The number of rotatable bonds is 1. The highest BCUT2D eigenvalue weighted by Crippen LogP contribution is 2.15. The minimum Gasteiger partial charge on any atom is -0.369 e. The molecule has 68 valence electrons. The van der Waals surface area contributed by atoms with Crippen LogP contribution in [0.15, 0.2) is 0 Å². The van der Waals surface area contributed by atoms with Crippen LogP contribution in [-0.4, -0.2) is 29.8 Å². The van der Waals surface area contributed by atoms with Gasteiger partial charge in [-0.05, 0) is 12.8 Å². The van der Waals surface area contributed by atoms with E-state index in [4.69, 9.17) is 5.73 Å². The van der Waals surface area contributed by atoms with Crippen molar-refractivity contribution in [2.75, 3.05) is 13.1 Å². The maximum absolute atomic E-state index is 10.9. The van der Waals surface area contributed by atoms with Crippen LogP contribution in [0.1, 0.15) is 19.8 Å². The second kappa shape index (κ2) is 3.56. The van der Waals surface area contributed by atoms with Gasteiger partial charge in [0.05, 0.1) is 5.92 Å². The van der Waals surface area contributed by atoms with Gasteiger partial charge in [0, 0.05) is 20.0 Å². The number of carbonyl (C=O) groups excluding carboxylic acids is 2. The van der Waals surface area contributed by atoms with Crippen LogP contribution in [0.25, 0.3) is 0 Å². The Hall–Kier alpha value is -1.06. The van der Waals surface area contributed by atoms with E-state index in [1.807, 2.05) is 0 Å². The first kappa shape index (κ1) is 9.03. The summed E-state index contributed by atoms with van der Waals surface area (Å²) in [5.41, 5.74) is 5.15. The summed E-state index contributed by atoms with van der Waals surface area (Å²) in [6.45, 7) is 2.78. The van der Waals surface area contributed by atoms with Crippen molar-refractivity contribution < 1.29 is 9.59 Å². The minimum atomic E-state index is -0.291. The van der Waals surface area contributed by atoms with E-state index in [9.17, 15) is 9.59 Å². The zero-order valence-electron chi connectivity index (χ0n) is 7.25. The molecule has 1 unspecified atom stereocenters. The van der Waals surface area contributed by atoms with Crippen LogP contribution < -0.4 is 5.73 Å². The normalized spacial score (nSPS) is 23.8. The van der Waals surface area contributed by atoms with Gasteiger partial charge in [-0.15, -0.1) is 0 Å². The van der Waals surface area contributed by atoms with E-state index in [-0.39, 0.29) is 17.7 Å². The van der Waals surface area contributed by atoms with Crippen molar-refractivity contribution in [2.24, 2.45) is 11.7 Å². The van der Waals surface area contributed by atoms with E-state index in [0.717, 1.165) is 19.4 Å². The van der Waals surface area contributed by atoms with Crippen molar-refractivity contribution >= 4 is 11.8 Å². The molecule has 0 spiro atoms. The van der Waals surface area contributed by atoms with Crippen molar-refractivity contribution in [1.82, 2.24) is 4.90 Å². The van der Waals surface area contributed by atoms with E-state index in [2.05, 4.69) is 0 Å². The second-order valence-electron chi connectivity index (χ2n) is 3.21. The number of carbonyl (C=O) groups is 2. The summed E-state index contributed by atoms with van der Waals surface area (Å²) in [6.07, 6.45) is 1.70. The molecule has 1 rings (SSSR count). The molecule has 0 bridgehead atoms. The van der Waals surface area contributed by atoms with Gasteiger partial charge in [-0.25, -0.2) is 0 Å². The summed E-state index contributed by atoms with van der Waals surface area (Å²) < 4.78 is 0. The van der Waals surface area contributed by atoms with Crippen LogP contribution in [0.5, 0.6) is 0 Å². The van der Waals surface area contributed by atoms with Crippen molar-refractivity contribution in [3.8, 4) is 0 Å². The predicted octanol–water partition coefficient (Wildman–Crippen LogP) is -0.270. The van der Waals surface area contributed by atoms with E-state index < -0.39 is 0 Å². The van der Waals surface area contributed by atoms with Gasteiger partial charge in [0.15, 0.2) is 0 Å². The van der Waals surface area contributed by atoms with Crippen LogP contribution in [0.2, 0.25) is 0 Å². The summed E-state index contributed by atoms with van der Waals surface area (Å²) >= 11 is 0. The van der Waals surface area contributed by atoms with E-state index in [1.165, 1.54) is 6.92 Å². The third-order valence-electron chi connectivity index (χ3n) is 2.27. The first-order valence-electron chi connectivity index (χ1n) is 4.16. The smallest absolute Gasteiger partial charge is 0.222 e. The largest absolute Gasteiger partial charge is 0.369 e. The standard InChI is InChI=1S/C8H14N2O2/c1-6(11)10-4-2-3-7(5-10)8(9)12/h7H,2-5H2,1H3,(H2,9,12). The van der Waals surface area contributed by atoms with Crippen LogP contribution in [-0.2, 0) is 9.59 Å². The molecular formula is C8H14N2O2. The summed E-state index contributed by atoms with van der Waals surface area (Å²) in [7, 11) is 0. The topological polar surface area (TPSA) is 63.4 Å². The van der Waals surface area contributed by atoms with Crippen molar-refractivity contribution in [2.45, 2.75) is 19.8 Å². The molecule has 1 saturated heterocycles. The van der Waals surface area contributed by atoms with Crippen molar-refractivity contribution in [3.63, 3.8) is 0 Å². The van der Waals surface area contributed by atoms with Crippen molar-refractivity contribution in [3.05, 3.63) is 0 Å². The van der Waals surface area contributed by atoms with Crippen molar-refractivity contribution in [1.29, 1.82) is 0 Å². The average Bonchev–Trinajstić information content (AvgIpc) is 2.04. The summed E-state index contributed by atoms with van der Waals surface area (Å²) in [5.74, 6) is -0.399. The molecule has 0 aromatic rings. The molecule has 0 aromatic heterocycles. The third-order valence-corrected chi connectivity index (χ3v) is 2.27. The molecule has 1 fully saturated rings. The number of likely N-dealkylation sites (tertiary alicyclic amines) is 1. The average molecular weight is 170 g/mol. The zero-order valence-corrected chi connectivity index (χ0v) is 7.25. The van der Waals surface area contributed by atoms with Gasteiger partial charge >= 0.3 is 0 Å². The number of hydrogen-bond donors (Lipinski definition) is 1. The molecule has 2 amide bonds. The van der Waals surface area contributed by atoms with Gasteiger partial charge in [-0.2, -0.15) is 0 Å². The highest BCUT2D eigenvalue weighted by atomic mass is 16.2. The van der Waals surface area contributed by atoms with E-state index in [1.54, 1.807) is 4.90 Å². The molecule has 4 heteroatoms. The summed E-state index contributed by atoms with van der Waals surface area (Å²) in [6, 6.07) is 0. The second-order valence-corrected chi connectivity index (χ2v) is 3.21. The Bertz CT molecular complexity index is 183. The highest BCUT2D eigenvalue weighted by molar-refractivity contribution is 5.79. The Morgan fingerprint density at radius 2 is 2.17 bits per heavy atom. The quantitative estimate of drug-likeness (QED) is 0.588. The fourth-order valence-corrected chi connectivity index (χ4v) is 1.50. The molecule has 0 radical (unpaired) electrons. The lowest BCUT2D eigenvalue weighted by Crippen LogP contribution is -2.43. The number of nitrogens with two attached hydrogens (primary N) is 1. The van der Waals surface area contributed by atoms with Gasteiger partial charge in [-0.1, -0.05) is 0 Å². The molecule has 2 N–H and O–H groups in total. The van der Waals surface area contributed by atoms with Gasteiger partial charge in [0.25, 0.3) is 0 Å². The molecule has 0 aromatic carbocycles. The molecule has 0 saturated carbocycles. The lowest BCUT2D eigenvalue weighted by atomic mass is 9.97. The summed E-state index contributed by atoms with van der Waals surface area (Å²) in [4.78, 5) is 23.4. The Kier molecular flexibility index (Phi) is 2.68. The molecule has 1 atom stereocenters. The molecular weight excluding hydrogens is 156 g/mol. The van der Waals surface area contributed by atoms with Crippen LogP contribution in [0.4, 0.5) is 0 Å². The predicted molar refractivity (Wildman–Crippen MR) is 44.2 cm³/mol. The number of hydrogen-bond acceptors (Lipinski definition) is 2. The monoisotopic (exact) mass is 170 g/mol. The van der Waals surface area contributed by atoms with Crippen LogP contribution >= 0.6 is 0 Å². The number of primary amides is 1. The molecule has 1 aliphatic heterocycles. The highest BCUT2D eigenvalue weighted by Gasteiger charge is 2.24. The Labute approximate surface area is 71.7 Å². The number of piperidine rings is 1. The maximum Gasteiger partial charge on any atom is 0.222 e.